The van der Waals surface area contributed by atoms with E-state index >= 15 is 0 Å². The minimum Gasteiger partial charge on any atom is -0.383 e. The van der Waals surface area contributed by atoms with Crippen molar-refractivity contribution >= 4 is 5.69 Å². The lowest BCUT2D eigenvalue weighted by molar-refractivity contribution is 0.432. The lowest BCUT2D eigenvalue weighted by atomic mass is 9.98. The van der Waals surface area contributed by atoms with E-state index in [9.17, 15) is 4.39 Å². The molecule has 92 valence electrons. The second-order valence-electron chi connectivity index (χ2n) is 5.23. The molecule has 0 radical (unpaired) electrons. The van der Waals surface area contributed by atoms with E-state index in [0.717, 1.165) is 24.2 Å². The molecule has 0 spiro atoms. The van der Waals surface area contributed by atoms with E-state index in [1.54, 1.807) is 6.07 Å². The van der Waals surface area contributed by atoms with Crippen molar-refractivity contribution in [1.82, 2.24) is 5.32 Å². The maximum Gasteiger partial charge on any atom is 0.123 e. The normalized spacial score (nSPS) is 24.4. The molecule has 1 unspecified atom stereocenters. The highest BCUT2D eigenvalue weighted by molar-refractivity contribution is 5.53. The Morgan fingerprint density at radius 1 is 1.18 bits per heavy atom. The smallest absolute Gasteiger partial charge is 0.123 e. The van der Waals surface area contributed by atoms with Crippen LogP contribution in [0.5, 0.6) is 0 Å². The van der Waals surface area contributed by atoms with E-state index < -0.39 is 0 Å². The van der Waals surface area contributed by atoms with Gasteiger partial charge in [0.05, 0.1) is 0 Å². The maximum atomic E-state index is 13.2. The van der Waals surface area contributed by atoms with Crippen molar-refractivity contribution in [2.75, 3.05) is 11.9 Å². The van der Waals surface area contributed by atoms with Crippen LogP contribution >= 0.6 is 0 Å². The van der Waals surface area contributed by atoms with E-state index in [1.807, 2.05) is 6.07 Å². The number of anilines is 1. The molecule has 2 aliphatic rings. The highest BCUT2D eigenvalue weighted by atomic mass is 19.1. The molecule has 17 heavy (non-hydrogen) atoms. The highest BCUT2D eigenvalue weighted by Gasteiger charge is 2.23. The fraction of sp³-hybridized carbons (Fsp3) is 0.571. The summed E-state index contributed by atoms with van der Waals surface area (Å²) in [6.07, 6.45) is 6.24. The van der Waals surface area contributed by atoms with E-state index in [-0.39, 0.29) is 5.82 Å². The summed E-state index contributed by atoms with van der Waals surface area (Å²) in [6.45, 7) is 0.954. The molecule has 1 aliphatic carbocycles. The summed E-state index contributed by atoms with van der Waals surface area (Å²) in [5.74, 6) is -0.132. The number of halogens is 1. The van der Waals surface area contributed by atoms with Gasteiger partial charge in [-0.05, 0) is 43.0 Å². The minimum absolute atomic E-state index is 0.132. The van der Waals surface area contributed by atoms with E-state index in [1.165, 1.54) is 31.7 Å². The van der Waals surface area contributed by atoms with Crippen LogP contribution in [-0.2, 0) is 6.42 Å². The van der Waals surface area contributed by atoms with Gasteiger partial charge in [0.15, 0.2) is 0 Å². The molecule has 3 rings (SSSR count). The number of hydrogen-bond acceptors (Lipinski definition) is 2. The Morgan fingerprint density at radius 2 is 2.00 bits per heavy atom. The summed E-state index contributed by atoms with van der Waals surface area (Å²) in [7, 11) is 0. The van der Waals surface area contributed by atoms with Crippen LogP contribution < -0.4 is 10.6 Å². The lowest BCUT2D eigenvalue weighted by Crippen LogP contribution is -2.44. The number of fused-ring (bicyclic) bond motifs is 1. The van der Waals surface area contributed by atoms with Gasteiger partial charge in [-0.15, -0.1) is 0 Å². The Labute approximate surface area is 102 Å². The SMILES string of the molecule is Fc1ccc2c(c1)CC(NC1CCCC1)CN2. The molecule has 0 amide bonds. The molecule has 0 aromatic heterocycles. The number of benzene rings is 1. The van der Waals surface area contributed by atoms with E-state index in [4.69, 9.17) is 0 Å². The number of hydrogen-bond donors (Lipinski definition) is 2. The van der Waals surface area contributed by atoms with Gasteiger partial charge in [-0.25, -0.2) is 4.39 Å². The predicted octanol–water partition coefficient (Wildman–Crippen LogP) is 2.69. The van der Waals surface area contributed by atoms with Gasteiger partial charge in [-0.2, -0.15) is 0 Å². The van der Waals surface area contributed by atoms with E-state index in [2.05, 4.69) is 10.6 Å². The lowest BCUT2D eigenvalue weighted by Gasteiger charge is -2.29. The topological polar surface area (TPSA) is 24.1 Å². The zero-order valence-electron chi connectivity index (χ0n) is 10.0. The fourth-order valence-corrected chi connectivity index (χ4v) is 3.02. The molecule has 1 aromatic carbocycles. The van der Waals surface area contributed by atoms with Crippen LogP contribution in [0.1, 0.15) is 31.2 Å². The van der Waals surface area contributed by atoms with Gasteiger partial charge < -0.3 is 10.6 Å². The van der Waals surface area contributed by atoms with Gasteiger partial charge in [0.25, 0.3) is 0 Å². The molecule has 1 atom stereocenters. The zero-order chi connectivity index (χ0) is 11.7. The Bertz CT molecular complexity index is 399. The summed E-state index contributed by atoms with van der Waals surface area (Å²) < 4.78 is 13.2. The maximum absolute atomic E-state index is 13.2. The average Bonchev–Trinajstić information content (AvgIpc) is 2.81. The molecule has 1 fully saturated rings. The summed E-state index contributed by atoms with van der Waals surface area (Å²) in [4.78, 5) is 0. The van der Waals surface area contributed by atoms with Gasteiger partial charge >= 0.3 is 0 Å². The van der Waals surface area contributed by atoms with E-state index in [0.29, 0.717) is 12.1 Å². The second-order valence-corrected chi connectivity index (χ2v) is 5.23. The molecule has 1 saturated carbocycles. The van der Waals surface area contributed by atoms with Crippen LogP contribution in [0.2, 0.25) is 0 Å². The molecule has 3 heteroatoms. The third-order valence-electron chi connectivity index (χ3n) is 3.90. The van der Waals surface area contributed by atoms with Crippen molar-refractivity contribution in [2.24, 2.45) is 0 Å². The van der Waals surface area contributed by atoms with Crippen LogP contribution in [0.4, 0.5) is 10.1 Å². The van der Waals surface area contributed by atoms with Crippen molar-refractivity contribution in [1.29, 1.82) is 0 Å². The molecule has 2 N–H and O–H groups in total. The molecule has 1 aliphatic heterocycles. The van der Waals surface area contributed by atoms with Crippen molar-refractivity contribution < 1.29 is 4.39 Å². The summed E-state index contributed by atoms with van der Waals surface area (Å²) >= 11 is 0. The van der Waals surface area contributed by atoms with Crippen LogP contribution in [0.25, 0.3) is 0 Å². The Balaban J connectivity index is 1.67. The van der Waals surface area contributed by atoms with Crippen molar-refractivity contribution in [2.45, 2.75) is 44.2 Å². The average molecular weight is 234 g/mol. The minimum atomic E-state index is -0.132. The standard InChI is InChI=1S/C14H19FN2/c15-11-5-6-14-10(7-11)8-13(9-16-14)17-12-3-1-2-4-12/h5-7,12-13,16-17H,1-4,8-9H2. The highest BCUT2D eigenvalue weighted by Crippen LogP contribution is 2.24. The molecule has 2 nitrogen and oxygen atoms in total. The van der Waals surface area contributed by atoms with Crippen LogP contribution in [0.15, 0.2) is 18.2 Å². The molecule has 1 heterocycles. The molecule has 0 bridgehead atoms. The Hall–Kier alpha value is -1.09. The van der Waals surface area contributed by atoms with Crippen LogP contribution in [-0.4, -0.2) is 18.6 Å². The number of nitrogens with one attached hydrogen (secondary N) is 2. The quantitative estimate of drug-likeness (QED) is 0.822. The van der Waals surface area contributed by atoms with Gasteiger partial charge in [0, 0.05) is 24.3 Å². The summed E-state index contributed by atoms with van der Waals surface area (Å²) in [6, 6.07) is 6.15. The molecular weight excluding hydrogens is 215 g/mol. The Morgan fingerprint density at radius 3 is 2.82 bits per heavy atom. The summed E-state index contributed by atoms with van der Waals surface area (Å²) in [5, 5.41) is 7.08. The van der Waals surface area contributed by atoms with Gasteiger partial charge in [0.1, 0.15) is 5.82 Å². The Kier molecular flexibility index (Phi) is 3.02. The van der Waals surface area contributed by atoms with Crippen molar-refractivity contribution in [3.63, 3.8) is 0 Å². The third kappa shape index (κ3) is 2.44. The first-order valence-corrected chi connectivity index (χ1v) is 6.59. The number of rotatable bonds is 2. The third-order valence-corrected chi connectivity index (χ3v) is 3.90. The van der Waals surface area contributed by atoms with Crippen molar-refractivity contribution in [3.05, 3.63) is 29.6 Å². The first kappa shape index (κ1) is 11.0. The molecule has 0 saturated heterocycles. The first-order chi connectivity index (χ1) is 8.31. The second kappa shape index (κ2) is 4.65. The van der Waals surface area contributed by atoms with Gasteiger partial charge in [0.2, 0.25) is 0 Å². The van der Waals surface area contributed by atoms with Crippen molar-refractivity contribution in [3.8, 4) is 0 Å². The zero-order valence-corrected chi connectivity index (χ0v) is 10.0. The monoisotopic (exact) mass is 234 g/mol. The van der Waals surface area contributed by atoms with Crippen LogP contribution in [0.3, 0.4) is 0 Å². The first-order valence-electron chi connectivity index (χ1n) is 6.59. The molecular formula is C14H19FN2. The summed E-state index contributed by atoms with van der Waals surface area (Å²) in [5.41, 5.74) is 2.20. The largest absolute Gasteiger partial charge is 0.383 e. The molecule has 1 aromatic rings. The predicted molar refractivity (Wildman–Crippen MR) is 67.8 cm³/mol. The van der Waals surface area contributed by atoms with Gasteiger partial charge in [-0.3, -0.25) is 0 Å². The fourth-order valence-electron chi connectivity index (χ4n) is 3.02. The van der Waals surface area contributed by atoms with Crippen LogP contribution in [0, 0.1) is 5.82 Å². The van der Waals surface area contributed by atoms with Gasteiger partial charge in [-0.1, -0.05) is 12.8 Å².